The Labute approximate surface area is 136 Å². The summed E-state index contributed by atoms with van der Waals surface area (Å²) < 4.78 is 36.6. The summed E-state index contributed by atoms with van der Waals surface area (Å²) in [5, 5.41) is 0. The van der Waals surface area contributed by atoms with Gasteiger partial charge < -0.3 is 14.1 Å². The Kier molecular flexibility index (Phi) is 4.24. The number of likely N-dealkylation sites (tertiary alicyclic amines) is 1. The number of fused-ring (bicyclic) bond motifs is 1. The van der Waals surface area contributed by atoms with Crippen LogP contribution in [0.5, 0.6) is 0 Å². The fraction of sp³-hybridized carbons (Fsp3) is 0.667. The highest BCUT2D eigenvalue weighted by Gasteiger charge is 2.42. The number of carbonyl (C=O) groups is 1. The number of carbonyl (C=O) groups excluding carboxylic acids is 1. The topological polar surface area (TPSA) is 80.1 Å². The molecule has 0 unspecified atom stereocenters. The number of aryl methyl sites for hydroxylation is 2. The van der Waals surface area contributed by atoms with Gasteiger partial charge in [0, 0.05) is 19.6 Å². The first-order valence-corrected chi connectivity index (χ1v) is 9.57. The summed E-state index contributed by atoms with van der Waals surface area (Å²) in [4.78, 5) is 14.4. The molecule has 0 radical (unpaired) electrons. The van der Waals surface area contributed by atoms with Crippen LogP contribution in [-0.2, 0) is 14.8 Å². The maximum atomic E-state index is 12.7. The summed E-state index contributed by atoms with van der Waals surface area (Å²) in [7, 11) is -3.32. The van der Waals surface area contributed by atoms with E-state index in [1.54, 1.807) is 24.8 Å². The van der Waals surface area contributed by atoms with Crippen molar-refractivity contribution in [2.24, 2.45) is 0 Å². The maximum Gasteiger partial charge on any atom is 0.257 e. The molecule has 2 fully saturated rings. The Morgan fingerprint density at radius 3 is 2.65 bits per heavy atom. The molecule has 0 aliphatic carbocycles. The largest absolute Gasteiger partial charge is 0.466 e. The van der Waals surface area contributed by atoms with Crippen molar-refractivity contribution in [1.29, 1.82) is 0 Å². The molecule has 128 valence electrons. The molecule has 0 bridgehead atoms. The molecule has 0 N–H and O–H groups in total. The first kappa shape index (κ1) is 16.5. The zero-order valence-corrected chi connectivity index (χ0v) is 14.4. The van der Waals surface area contributed by atoms with E-state index in [0.29, 0.717) is 49.7 Å². The normalized spacial score (nSPS) is 26.1. The number of amides is 1. The lowest BCUT2D eigenvalue weighted by Gasteiger charge is -2.45. The molecule has 3 rings (SSSR count). The summed E-state index contributed by atoms with van der Waals surface area (Å²) in [6.07, 6.45) is 1.70. The Morgan fingerprint density at radius 1 is 1.30 bits per heavy atom. The number of piperidine rings is 1. The van der Waals surface area contributed by atoms with E-state index in [2.05, 4.69) is 0 Å². The van der Waals surface area contributed by atoms with Crippen molar-refractivity contribution in [1.82, 2.24) is 9.21 Å². The average molecular weight is 342 g/mol. The second-order valence-corrected chi connectivity index (χ2v) is 8.15. The van der Waals surface area contributed by atoms with Gasteiger partial charge in [-0.2, -0.15) is 4.31 Å². The predicted octanol–water partition coefficient (Wildman–Crippen LogP) is 0.771. The van der Waals surface area contributed by atoms with Gasteiger partial charge in [-0.05, 0) is 26.3 Å². The lowest BCUT2D eigenvalue weighted by Crippen LogP contribution is -2.61. The fourth-order valence-electron chi connectivity index (χ4n) is 3.45. The number of furan rings is 1. The van der Waals surface area contributed by atoms with E-state index < -0.39 is 10.0 Å². The summed E-state index contributed by atoms with van der Waals surface area (Å²) in [6, 6.07) is 1.42. The molecule has 1 amide bonds. The van der Waals surface area contributed by atoms with Gasteiger partial charge in [-0.1, -0.05) is 0 Å². The van der Waals surface area contributed by atoms with Crippen molar-refractivity contribution in [3.63, 3.8) is 0 Å². The quantitative estimate of drug-likeness (QED) is 0.793. The van der Waals surface area contributed by atoms with Gasteiger partial charge in [0.15, 0.2) is 0 Å². The second kappa shape index (κ2) is 5.92. The van der Waals surface area contributed by atoms with E-state index in [-0.39, 0.29) is 18.1 Å². The molecular weight excluding hydrogens is 320 g/mol. The Morgan fingerprint density at radius 2 is 2.04 bits per heavy atom. The van der Waals surface area contributed by atoms with Crippen molar-refractivity contribution in [2.75, 3.05) is 32.5 Å². The molecule has 1 aromatic heterocycles. The summed E-state index contributed by atoms with van der Waals surface area (Å²) >= 11 is 0. The van der Waals surface area contributed by atoms with Crippen LogP contribution in [0.1, 0.15) is 28.3 Å². The Hall–Kier alpha value is -1.38. The third-order valence-electron chi connectivity index (χ3n) is 4.52. The predicted molar refractivity (Wildman–Crippen MR) is 83.8 cm³/mol. The molecule has 0 aromatic carbocycles. The van der Waals surface area contributed by atoms with Crippen LogP contribution >= 0.6 is 0 Å². The van der Waals surface area contributed by atoms with Gasteiger partial charge in [-0.3, -0.25) is 4.79 Å². The van der Waals surface area contributed by atoms with Gasteiger partial charge >= 0.3 is 0 Å². The number of morpholine rings is 1. The van der Waals surface area contributed by atoms with Crippen molar-refractivity contribution in [3.05, 3.63) is 23.2 Å². The molecule has 8 heteroatoms. The molecule has 7 nitrogen and oxygen atoms in total. The van der Waals surface area contributed by atoms with Crippen LogP contribution in [0.15, 0.2) is 10.5 Å². The highest BCUT2D eigenvalue weighted by Crippen LogP contribution is 2.26. The van der Waals surface area contributed by atoms with Crippen LogP contribution in [-0.4, -0.2) is 68.2 Å². The number of sulfonamides is 1. The molecule has 23 heavy (non-hydrogen) atoms. The molecule has 2 atom stereocenters. The van der Waals surface area contributed by atoms with Crippen LogP contribution in [0, 0.1) is 13.8 Å². The van der Waals surface area contributed by atoms with E-state index in [9.17, 15) is 13.2 Å². The van der Waals surface area contributed by atoms with Crippen LogP contribution in [0.2, 0.25) is 0 Å². The minimum absolute atomic E-state index is 0.114. The number of ether oxygens (including phenoxy) is 1. The fourth-order valence-corrected chi connectivity index (χ4v) is 4.55. The standard InChI is InChI=1S/C15H22N2O5S/c1-10-8-12(11(2)22-10)15(18)16-5-4-14-13(9-16)17(6-7-21-14)23(3,19)20/h8,13-14H,4-7,9H2,1-3H3/t13-,14-/m1/s1. The first-order valence-electron chi connectivity index (χ1n) is 7.72. The third kappa shape index (κ3) is 3.15. The van der Waals surface area contributed by atoms with E-state index >= 15 is 0 Å². The summed E-state index contributed by atoms with van der Waals surface area (Å²) in [5.41, 5.74) is 0.545. The zero-order valence-electron chi connectivity index (χ0n) is 13.6. The van der Waals surface area contributed by atoms with Gasteiger partial charge in [0.2, 0.25) is 10.0 Å². The molecule has 3 heterocycles. The van der Waals surface area contributed by atoms with Gasteiger partial charge in [0.1, 0.15) is 11.5 Å². The smallest absolute Gasteiger partial charge is 0.257 e. The van der Waals surface area contributed by atoms with Gasteiger partial charge in [0.25, 0.3) is 5.91 Å². The molecular formula is C15H22N2O5S. The minimum atomic E-state index is -3.32. The number of rotatable bonds is 2. The molecule has 0 spiro atoms. The number of hydrogen-bond acceptors (Lipinski definition) is 5. The molecule has 2 aliphatic heterocycles. The van der Waals surface area contributed by atoms with Crippen molar-refractivity contribution < 1.29 is 22.4 Å². The number of hydrogen-bond donors (Lipinski definition) is 0. The highest BCUT2D eigenvalue weighted by molar-refractivity contribution is 7.88. The molecule has 2 saturated heterocycles. The van der Waals surface area contributed by atoms with E-state index in [1.165, 1.54) is 10.6 Å². The second-order valence-electron chi connectivity index (χ2n) is 6.22. The Bertz CT molecular complexity index is 711. The third-order valence-corrected chi connectivity index (χ3v) is 5.82. The van der Waals surface area contributed by atoms with Gasteiger partial charge in [-0.15, -0.1) is 0 Å². The van der Waals surface area contributed by atoms with E-state index in [4.69, 9.17) is 9.15 Å². The van der Waals surface area contributed by atoms with Crippen molar-refractivity contribution in [3.8, 4) is 0 Å². The summed E-state index contributed by atoms with van der Waals surface area (Å²) in [6.45, 7) is 5.21. The first-order chi connectivity index (χ1) is 10.8. The molecule has 0 saturated carbocycles. The van der Waals surface area contributed by atoms with Gasteiger partial charge in [0.05, 0.1) is 30.6 Å². The Balaban J connectivity index is 1.81. The van der Waals surface area contributed by atoms with Crippen LogP contribution in [0.25, 0.3) is 0 Å². The lowest BCUT2D eigenvalue weighted by atomic mass is 10.00. The van der Waals surface area contributed by atoms with Crippen molar-refractivity contribution >= 4 is 15.9 Å². The number of nitrogens with zero attached hydrogens (tertiary/aromatic N) is 2. The van der Waals surface area contributed by atoms with E-state index in [1.807, 2.05) is 0 Å². The molecule has 1 aromatic rings. The van der Waals surface area contributed by atoms with Gasteiger partial charge in [-0.25, -0.2) is 8.42 Å². The van der Waals surface area contributed by atoms with Crippen LogP contribution in [0.3, 0.4) is 0 Å². The SMILES string of the molecule is Cc1cc(C(=O)N2CC[C@H]3OCCN(S(C)(=O)=O)[C@@H]3C2)c(C)o1. The minimum Gasteiger partial charge on any atom is -0.466 e. The van der Waals surface area contributed by atoms with Crippen LogP contribution in [0.4, 0.5) is 0 Å². The summed E-state index contributed by atoms with van der Waals surface area (Å²) in [5.74, 6) is 1.17. The highest BCUT2D eigenvalue weighted by atomic mass is 32.2. The maximum absolute atomic E-state index is 12.7. The van der Waals surface area contributed by atoms with E-state index in [0.717, 1.165) is 0 Å². The monoisotopic (exact) mass is 342 g/mol. The zero-order chi connectivity index (χ0) is 16.8. The van der Waals surface area contributed by atoms with Crippen LogP contribution < -0.4 is 0 Å². The lowest BCUT2D eigenvalue weighted by molar-refractivity contribution is -0.0704. The molecule has 2 aliphatic rings. The van der Waals surface area contributed by atoms with Crippen molar-refractivity contribution in [2.45, 2.75) is 32.4 Å². The average Bonchev–Trinajstić information content (AvgIpc) is 2.83.